The summed E-state index contributed by atoms with van der Waals surface area (Å²) in [6, 6.07) is 7.01. The molecule has 1 N–H and O–H groups in total. The van der Waals surface area contributed by atoms with E-state index in [0.717, 1.165) is 22.6 Å². The number of hydrogen-bond donors (Lipinski definition) is 1. The maximum atomic E-state index is 9.15. The summed E-state index contributed by atoms with van der Waals surface area (Å²) in [4.78, 5) is 0. The van der Waals surface area contributed by atoms with Gasteiger partial charge in [0.15, 0.2) is 0 Å². The minimum absolute atomic E-state index is 0.264. The van der Waals surface area contributed by atoms with Crippen LogP contribution < -0.4 is 0 Å². The molecule has 0 aliphatic heterocycles. The zero-order valence-electron chi connectivity index (χ0n) is 12.1. The van der Waals surface area contributed by atoms with Crippen molar-refractivity contribution in [2.75, 3.05) is 0 Å². The average molecular weight is 249 g/mol. The summed E-state index contributed by atoms with van der Waals surface area (Å²) < 4.78 is 5.07. The lowest BCUT2D eigenvalue weighted by molar-refractivity contribution is 0.393. The van der Waals surface area contributed by atoms with Gasteiger partial charge in [-0.05, 0) is 31.5 Å². The van der Waals surface area contributed by atoms with Crippen LogP contribution in [0.1, 0.15) is 39.1 Å². The number of hydrogen-bond acceptors (Lipinski definition) is 3. The maximum absolute atomic E-state index is 9.15. The van der Waals surface area contributed by atoms with Gasteiger partial charge in [-0.25, -0.2) is 0 Å². The second-order valence-corrected chi connectivity index (χ2v) is 3.25. The number of rotatable bonds is 1. The third-order valence-electron chi connectivity index (χ3n) is 2.19. The molecule has 100 valence electrons. The minimum atomic E-state index is 0.264. The molecule has 0 saturated heterocycles. The van der Waals surface area contributed by atoms with Gasteiger partial charge in [0.05, 0.1) is 5.69 Å². The summed E-state index contributed by atoms with van der Waals surface area (Å²) in [6.45, 7) is 11.8. The van der Waals surface area contributed by atoms with Crippen molar-refractivity contribution in [1.29, 1.82) is 0 Å². The summed E-state index contributed by atoms with van der Waals surface area (Å²) in [7, 11) is 0. The first kappa shape index (κ1) is 16.2. The molecular weight excluding hydrogens is 226 g/mol. The minimum Gasteiger partial charge on any atom is -0.508 e. The number of phenols is 1. The molecule has 0 saturated carbocycles. The van der Waals surface area contributed by atoms with Crippen LogP contribution in [0.3, 0.4) is 0 Å². The molecule has 0 spiro atoms. The first-order valence-electron chi connectivity index (χ1n) is 6.41. The molecule has 0 atom stereocenters. The van der Waals surface area contributed by atoms with E-state index in [9.17, 15) is 0 Å². The topological polar surface area (TPSA) is 46.3 Å². The molecule has 1 aromatic heterocycles. The highest BCUT2D eigenvalue weighted by atomic mass is 16.5. The van der Waals surface area contributed by atoms with Gasteiger partial charge in [0.1, 0.15) is 11.5 Å². The highest BCUT2D eigenvalue weighted by Crippen LogP contribution is 2.27. The summed E-state index contributed by atoms with van der Waals surface area (Å²) >= 11 is 0. The van der Waals surface area contributed by atoms with Crippen molar-refractivity contribution in [1.82, 2.24) is 5.16 Å². The molecule has 0 unspecified atom stereocenters. The molecule has 1 heterocycles. The number of nitrogens with zero attached hydrogens (tertiary/aromatic N) is 1. The van der Waals surface area contributed by atoms with Crippen molar-refractivity contribution < 1.29 is 9.63 Å². The zero-order chi connectivity index (χ0) is 14.1. The number of benzene rings is 1. The van der Waals surface area contributed by atoms with E-state index in [1.807, 2.05) is 53.7 Å². The Labute approximate surface area is 109 Å². The Kier molecular flexibility index (Phi) is 7.52. The first-order chi connectivity index (χ1) is 8.68. The van der Waals surface area contributed by atoms with Gasteiger partial charge in [0.2, 0.25) is 0 Å². The number of aromatic nitrogens is 1. The molecule has 1 aromatic carbocycles. The standard InChI is InChI=1S/C11H11NO2.2C2H6/c1-7-11(8(2)14-12-7)9-3-5-10(13)6-4-9;2*1-2/h3-6,13H,1-2H3;2*1-2H3. The third-order valence-corrected chi connectivity index (χ3v) is 2.19. The summed E-state index contributed by atoms with van der Waals surface area (Å²) in [5.74, 6) is 1.06. The fourth-order valence-corrected chi connectivity index (χ4v) is 1.52. The van der Waals surface area contributed by atoms with Gasteiger partial charge in [-0.2, -0.15) is 0 Å². The molecule has 2 rings (SSSR count). The molecule has 0 radical (unpaired) electrons. The Morgan fingerprint density at radius 3 is 1.83 bits per heavy atom. The molecule has 0 aliphatic carbocycles. The molecule has 3 nitrogen and oxygen atoms in total. The van der Waals surface area contributed by atoms with Crippen molar-refractivity contribution in [2.45, 2.75) is 41.5 Å². The van der Waals surface area contributed by atoms with Crippen LogP contribution in [0.15, 0.2) is 28.8 Å². The Morgan fingerprint density at radius 2 is 1.44 bits per heavy atom. The molecule has 2 aromatic rings. The molecule has 0 bridgehead atoms. The van der Waals surface area contributed by atoms with Crippen LogP contribution in [0.25, 0.3) is 11.1 Å². The van der Waals surface area contributed by atoms with E-state index in [-0.39, 0.29) is 5.75 Å². The predicted octanol–water partition coefficient (Wildman–Crippen LogP) is 4.72. The largest absolute Gasteiger partial charge is 0.508 e. The molecule has 0 aliphatic rings. The van der Waals surface area contributed by atoms with Gasteiger partial charge in [-0.3, -0.25) is 0 Å². The normalized spacial score (nSPS) is 8.78. The van der Waals surface area contributed by atoms with Gasteiger partial charge < -0.3 is 9.63 Å². The van der Waals surface area contributed by atoms with Gasteiger partial charge >= 0.3 is 0 Å². The van der Waals surface area contributed by atoms with E-state index in [1.165, 1.54) is 0 Å². The Morgan fingerprint density at radius 1 is 0.944 bits per heavy atom. The van der Waals surface area contributed by atoms with E-state index < -0.39 is 0 Å². The van der Waals surface area contributed by atoms with Gasteiger partial charge in [-0.15, -0.1) is 0 Å². The average Bonchev–Trinajstić information content (AvgIpc) is 2.75. The second kappa shape index (κ2) is 8.34. The van der Waals surface area contributed by atoms with Crippen molar-refractivity contribution in [2.24, 2.45) is 0 Å². The van der Waals surface area contributed by atoms with E-state index in [4.69, 9.17) is 9.63 Å². The Balaban J connectivity index is 0.000000659. The number of aromatic hydroxyl groups is 1. The van der Waals surface area contributed by atoms with Gasteiger partial charge in [0, 0.05) is 5.56 Å². The van der Waals surface area contributed by atoms with Crippen molar-refractivity contribution >= 4 is 0 Å². The van der Waals surface area contributed by atoms with Crippen molar-refractivity contribution in [3.8, 4) is 16.9 Å². The van der Waals surface area contributed by atoms with Crippen LogP contribution >= 0.6 is 0 Å². The Hall–Kier alpha value is -1.77. The lowest BCUT2D eigenvalue weighted by atomic mass is 10.0. The maximum Gasteiger partial charge on any atom is 0.141 e. The summed E-state index contributed by atoms with van der Waals surface area (Å²) in [5, 5.41) is 13.0. The quantitative estimate of drug-likeness (QED) is 0.795. The molecule has 0 fully saturated rings. The van der Waals surface area contributed by atoms with Crippen molar-refractivity contribution in [3.05, 3.63) is 35.7 Å². The van der Waals surface area contributed by atoms with Crippen LogP contribution in [0.4, 0.5) is 0 Å². The highest BCUT2D eigenvalue weighted by Gasteiger charge is 2.10. The van der Waals surface area contributed by atoms with Crippen LogP contribution in [-0.4, -0.2) is 10.3 Å². The monoisotopic (exact) mass is 249 g/mol. The van der Waals surface area contributed by atoms with Crippen LogP contribution in [0.5, 0.6) is 5.75 Å². The van der Waals surface area contributed by atoms with Gasteiger partial charge in [-0.1, -0.05) is 45.0 Å². The third kappa shape index (κ3) is 3.91. The number of aryl methyl sites for hydroxylation is 2. The molecular formula is C15H23NO2. The van der Waals surface area contributed by atoms with E-state index in [0.29, 0.717) is 0 Å². The second-order valence-electron chi connectivity index (χ2n) is 3.25. The summed E-state index contributed by atoms with van der Waals surface area (Å²) in [6.07, 6.45) is 0. The lowest BCUT2D eigenvalue weighted by Gasteiger charge is -1.99. The first-order valence-corrected chi connectivity index (χ1v) is 6.41. The SMILES string of the molecule is CC.CC.Cc1noc(C)c1-c1ccc(O)cc1. The van der Waals surface area contributed by atoms with E-state index >= 15 is 0 Å². The highest BCUT2D eigenvalue weighted by molar-refractivity contribution is 5.67. The summed E-state index contributed by atoms with van der Waals surface area (Å²) in [5.41, 5.74) is 2.89. The van der Waals surface area contributed by atoms with Crippen LogP contribution in [-0.2, 0) is 0 Å². The smallest absolute Gasteiger partial charge is 0.141 e. The molecule has 3 heteroatoms. The molecule has 0 amide bonds. The van der Waals surface area contributed by atoms with E-state index in [2.05, 4.69) is 5.16 Å². The van der Waals surface area contributed by atoms with Crippen LogP contribution in [0.2, 0.25) is 0 Å². The number of phenolic OH excluding ortho intramolecular Hbond substituents is 1. The fraction of sp³-hybridized carbons (Fsp3) is 0.400. The lowest BCUT2D eigenvalue weighted by Crippen LogP contribution is -1.80. The van der Waals surface area contributed by atoms with Crippen LogP contribution in [0, 0.1) is 13.8 Å². The molecule has 18 heavy (non-hydrogen) atoms. The fourth-order valence-electron chi connectivity index (χ4n) is 1.52. The van der Waals surface area contributed by atoms with Gasteiger partial charge in [0.25, 0.3) is 0 Å². The van der Waals surface area contributed by atoms with E-state index in [1.54, 1.807) is 12.1 Å². The van der Waals surface area contributed by atoms with Crippen molar-refractivity contribution in [3.63, 3.8) is 0 Å². The zero-order valence-corrected chi connectivity index (χ0v) is 12.1. The predicted molar refractivity (Wildman–Crippen MR) is 75.8 cm³/mol. The Bertz CT molecular complexity index is 425.